The second kappa shape index (κ2) is 9.11. The number of nitrogens with zero attached hydrogens (tertiary/aromatic N) is 4. The molecule has 2 heterocycles. The Hall–Kier alpha value is -4.37. The van der Waals surface area contributed by atoms with Crippen molar-refractivity contribution in [1.29, 1.82) is 0 Å². The van der Waals surface area contributed by atoms with Gasteiger partial charge in [0.15, 0.2) is 0 Å². The predicted molar refractivity (Wildman–Crippen MR) is 133 cm³/mol. The van der Waals surface area contributed by atoms with E-state index < -0.39 is 11.6 Å². The fourth-order valence-electron chi connectivity index (χ4n) is 3.64. The molecule has 0 aliphatic carbocycles. The van der Waals surface area contributed by atoms with Crippen LogP contribution < -0.4 is 20.5 Å². The maximum atomic E-state index is 13.3. The number of halogens is 1. The summed E-state index contributed by atoms with van der Waals surface area (Å²) in [4.78, 5) is 30.6. The number of nitrogens with one attached hydrogen (secondary N) is 1. The average Bonchev–Trinajstić information content (AvgIpc) is 3.17. The highest BCUT2D eigenvalue weighted by atomic mass is 35.5. The third-order valence-electron chi connectivity index (χ3n) is 5.34. The number of carbonyl (C=O) groups is 1. The maximum absolute atomic E-state index is 13.3. The number of ether oxygens (including phenoxy) is 2. The van der Waals surface area contributed by atoms with Gasteiger partial charge in [0.2, 0.25) is 11.6 Å². The monoisotopic (exact) mass is 489 g/mol. The molecule has 1 amide bonds. The number of amides is 1. The largest absolute Gasteiger partial charge is 0.495 e. The summed E-state index contributed by atoms with van der Waals surface area (Å²) in [5.74, 6) is 0.749. The van der Waals surface area contributed by atoms with Crippen LogP contribution >= 0.6 is 11.6 Å². The number of hydrogen-bond acceptors (Lipinski definition) is 6. The first-order chi connectivity index (χ1) is 16.9. The van der Waals surface area contributed by atoms with Crippen LogP contribution in [0.5, 0.6) is 17.4 Å². The third-order valence-corrected chi connectivity index (χ3v) is 5.64. The number of para-hydroxylation sites is 2. The molecule has 9 nitrogen and oxygen atoms in total. The minimum atomic E-state index is -0.490. The molecule has 5 rings (SSSR count). The standard InChI is InChI=1S/C25H20ClN5O4/c1-15-7-10-17(11-8-15)35-24-23-29-30(25(33)31(23)20-6-4-3-5-19(20)28-24)14-22(32)27-16-9-12-21(34-2)18(26)13-16/h3-13H,14H2,1-2H3,(H,27,32). The molecule has 0 spiro atoms. The van der Waals surface area contributed by atoms with Crippen molar-refractivity contribution in [2.75, 3.05) is 12.4 Å². The average molecular weight is 490 g/mol. The number of rotatable bonds is 6. The molecule has 0 bridgehead atoms. The van der Waals surface area contributed by atoms with Crippen molar-refractivity contribution in [3.8, 4) is 17.4 Å². The van der Waals surface area contributed by atoms with Crippen LogP contribution in [0.2, 0.25) is 5.02 Å². The highest BCUT2D eigenvalue weighted by Gasteiger charge is 2.19. The lowest BCUT2D eigenvalue weighted by Crippen LogP contribution is -2.28. The van der Waals surface area contributed by atoms with Gasteiger partial charge in [-0.15, -0.1) is 5.10 Å². The van der Waals surface area contributed by atoms with Crippen LogP contribution in [0.4, 0.5) is 5.69 Å². The molecule has 0 saturated heterocycles. The maximum Gasteiger partial charge on any atom is 0.351 e. The van der Waals surface area contributed by atoms with E-state index in [9.17, 15) is 9.59 Å². The van der Waals surface area contributed by atoms with Gasteiger partial charge < -0.3 is 14.8 Å². The van der Waals surface area contributed by atoms with Crippen LogP contribution in [0.3, 0.4) is 0 Å². The second-order valence-corrected chi connectivity index (χ2v) is 8.22. The predicted octanol–water partition coefficient (Wildman–Crippen LogP) is 4.45. The third kappa shape index (κ3) is 4.41. The van der Waals surface area contributed by atoms with Gasteiger partial charge in [-0.25, -0.2) is 18.9 Å². The van der Waals surface area contributed by atoms with Crippen LogP contribution in [0.1, 0.15) is 5.56 Å². The van der Waals surface area contributed by atoms with E-state index in [1.54, 1.807) is 36.4 Å². The van der Waals surface area contributed by atoms with Crippen molar-refractivity contribution < 1.29 is 14.3 Å². The molecular weight excluding hydrogens is 470 g/mol. The number of aryl methyl sites for hydroxylation is 1. The van der Waals surface area contributed by atoms with Gasteiger partial charge in [0.25, 0.3) is 5.88 Å². The van der Waals surface area contributed by atoms with Crippen molar-refractivity contribution in [1.82, 2.24) is 19.2 Å². The van der Waals surface area contributed by atoms with Crippen molar-refractivity contribution in [2.24, 2.45) is 0 Å². The van der Waals surface area contributed by atoms with Gasteiger partial charge in [-0.3, -0.25) is 4.79 Å². The molecule has 5 aromatic rings. The molecule has 0 saturated carbocycles. The number of methoxy groups -OCH3 is 1. The normalized spacial score (nSPS) is 11.1. The van der Waals surface area contributed by atoms with Gasteiger partial charge in [-0.05, 0) is 49.4 Å². The number of carbonyl (C=O) groups excluding carboxylic acids is 1. The Morgan fingerprint density at radius 2 is 1.86 bits per heavy atom. The molecule has 0 atom stereocenters. The number of hydrogen-bond donors (Lipinski definition) is 1. The molecule has 0 aliphatic heterocycles. The summed E-state index contributed by atoms with van der Waals surface area (Å²) in [5.41, 5.74) is 2.37. The Bertz CT molecular complexity index is 1630. The lowest BCUT2D eigenvalue weighted by molar-refractivity contribution is -0.117. The zero-order chi connectivity index (χ0) is 24.5. The molecule has 0 fully saturated rings. The summed E-state index contributed by atoms with van der Waals surface area (Å²) in [6.45, 7) is 1.66. The Balaban J connectivity index is 1.51. The summed E-state index contributed by atoms with van der Waals surface area (Å²) >= 11 is 6.13. The Morgan fingerprint density at radius 1 is 1.09 bits per heavy atom. The van der Waals surface area contributed by atoms with Gasteiger partial charge >= 0.3 is 5.69 Å². The minimum absolute atomic E-state index is 0.158. The topological polar surface area (TPSA) is 99.8 Å². The van der Waals surface area contributed by atoms with Crippen LogP contribution in [-0.4, -0.2) is 32.2 Å². The Kier molecular flexibility index (Phi) is 5.84. The molecule has 2 aromatic heterocycles. The molecule has 1 N–H and O–H groups in total. The zero-order valence-electron chi connectivity index (χ0n) is 18.9. The van der Waals surface area contributed by atoms with Crippen molar-refractivity contribution in [2.45, 2.75) is 13.5 Å². The highest BCUT2D eigenvalue weighted by molar-refractivity contribution is 6.32. The zero-order valence-corrected chi connectivity index (χ0v) is 19.6. The summed E-state index contributed by atoms with van der Waals surface area (Å²) in [5, 5.41) is 7.44. The Labute approximate surface area is 204 Å². The van der Waals surface area contributed by atoms with Crippen molar-refractivity contribution >= 4 is 39.9 Å². The van der Waals surface area contributed by atoms with E-state index in [0.717, 1.165) is 10.2 Å². The lowest BCUT2D eigenvalue weighted by Gasteiger charge is -2.08. The van der Waals surface area contributed by atoms with Crippen molar-refractivity contribution in [3.63, 3.8) is 0 Å². The van der Waals surface area contributed by atoms with Gasteiger partial charge in [0.1, 0.15) is 18.0 Å². The van der Waals surface area contributed by atoms with E-state index in [1.165, 1.54) is 11.5 Å². The smallest absolute Gasteiger partial charge is 0.351 e. The van der Waals surface area contributed by atoms with Gasteiger partial charge in [-0.2, -0.15) is 0 Å². The minimum Gasteiger partial charge on any atom is -0.495 e. The SMILES string of the molecule is COc1ccc(NC(=O)Cn2nc3c(Oc4ccc(C)cc4)nc4ccccc4n3c2=O)cc1Cl. The molecule has 0 aliphatic rings. The molecular formula is C25H20ClN5O4. The number of aromatic nitrogens is 4. The van der Waals surface area contributed by atoms with E-state index in [4.69, 9.17) is 21.1 Å². The van der Waals surface area contributed by atoms with Crippen LogP contribution in [0, 0.1) is 6.92 Å². The van der Waals surface area contributed by atoms with E-state index in [0.29, 0.717) is 33.2 Å². The van der Waals surface area contributed by atoms with E-state index in [2.05, 4.69) is 15.4 Å². The van der Waals surface area contributed by atoms with Gasteiger partial charge in [0.05, 0.1) is 23.2 Å². The van der Waals surface area contributed by atoms with Crippen molar-refractivity contribution in [3.05, 3.63) is 87.8 Å². The number of fused-ring (bicyclic) bond motifs is 3. The summed E-state index contributed by atoms with van der Waals surface area (Å²) in [7, 11) is 1.50. The van der Waals surface area contributed by atoms with E-state index in [-0.39, 0.29) is 18.1 Å². The number of anilines is 1. The summed E-state index contributed by atoms with van der Waals surface area (Å²) in [6.07, 6.45) is 0. The summed E-state index contributed by atoms with van der Waals surface area (Å²) in [6, 6.07) is 19.5. The molecule has 35 heavy (non-hydrogen) atoms. The van der Waals surface area contributed by atoms with Crippen LogP contribution in [-0.2, 0) is 11.3 Å². The molecule has 3 aromatic carbocycles. The molecule has 0 unspecified atom stereocenters. The molecule has 0 radical (unpaired) electrons. The molecule has 10 heteroatoms. The fourth-order valence-corrected chi connectivity index (χ4v) is 3.90. The van der Waals surface area contributed by atoms with E-state index >= 15 is 0 Å². The first kappa shape index (κ1) is 22.4. The van der Waals surface area contributed by atoms with Crippen LogP contribution in [0.25, 0.3) is 16.7 Å². The highest BCUT2D eigenvalue weighted by Crippen LogP contribution is 2.28. The van der Waals surface area contributed by atoms with E-state index in [1.807, 2.05) is 37.3 Å². The first-order valence-electron chi connectivity index (χ1n) is 10.7. The van der Waals surface area contributed by atoms with Gasteiger partial charge in [0, 0.05) is 5.69 Å². The molecule has 176 valence electrons. The quantitative estimate of drug-likeness (QED) is 0.378. The fraction of sp³-hybridized carbons (Fsp3) is 0.120. The summed E-state index contributed by atoms with van der Waals surface area (Å²) < 4.78 is 13.6. The second-order valence-electron chi connectivity index (χ2n) is 7.82. The van der Waals surface area contributed by atoms with Crippen LogP contribution in [0.15, 0.2) is 71.5 Å². The Morgan fingerprint density at radius 3 is 2.60 bits per heavy atom. The lowest BCUT2D eigenvalue weighted by atomic mass is 10.2. The first-order valence-corrected chi connectivity index (χ1v) is 11.1. The number of benzene rings is 3. The van der Waals surface area contributed by atoms with Gasteiger partial charge in [-0.1, -0.05) is 41.4 Å².